The second-order valence-corrected chi connectivity index (χ2v) is 3.22. The number of rotatable bonds is 1. The van der Waals surface area contributed by atoms with Crippen LogP contribution in [-0.2, 0) is 9.53 Å². The summed E-state index contributed by atoms with van der Waals surface area (Å²) < 4.78 is 5.49. The zero-order valence-electron chi connectivity index (χ0n) is 6.25. The van der Waals surface area contributed by atoms with Crippen LogP contribution in [0.2, 0.25) is 0 Å². The number of hydrogen-bond donors (Lipinski definition) is 2. The Morgan fingerprint density at radius 1 is 1.55 bits per heavy atom. The van der Waals surface area contributed by atoms with Crippen molar-refractivity contribution >= 4 is 5.91 Å². The summed E-state index contributed by atoms with van der Waals surface area (Å²) >= 11 is 0. The lowest BCUT2D eigenvalue weighted by Crippen LogP contribution is -2.39. The van der Waals surface area contributed by atoms with Gasteiger partial charge in [-0.3, -0.25) is 10.2 Å². The highest BCUT2D eigenvalue weighted by atomic mass is 16.5. The lowest BCUT2D eigenvalue weighted by molar-refractivity contribution is -0.126. The van der Waals surface area contributed by atoms with E-state index in [0.29, 0.717) is 6.10 Å². The van der Waals surface area contributed by atoms with Crippen molar-refractivity contribution in [1.82, 2.24) is 5.43 Å². The summed E-state index contributed by atoms with van der Waals surface area (Å²) in [6.45, 7) is 0. The molecule has 0 aliphatic carbocycles. The Hall–Kier alpha value is -0.610. The van der Waals surface area contributed by atoms with Crippen LogP contribution in [0.1, 0.15) is 19.3 Å². The van der Waals surface area contributed by atoms with Crippen LogP contribution < -0.4 is 11.3 Å². The van der Waals surface area contributed by atoms with E-state index in [2.05, 4.69) is 5.43 Å². The highest BCUT2D eigenvalue weighted by Crippen LogP contribution is 2.38. The number of carbonyl (C=O) groups excluding carboxylic acids is 1. The smallest absolute Gasteiger partial charge is 0.239 e. The van der Waals surface area contributed by atoms with Gasteiger partial charge in [-0.1, -0.05) is 0 Å². The number of ether oxygens (including phenoxy) is 1. The molecule has 2 fully saturated rings. The second-order valence-electron chi connectivity index (χ2n) is 3.22. The molecule has 11 heavy (non-hydrogen) atoms. The van der Waals surface area contributed by atoms with Crippen molar-refractivity contribution in [1.29, 1.82) is 0 Å². The molecule has 62 valence electrons. The van der Waals surface area contributed by atoms with Gasteiger partial charge in [0.05, 0.1) is 18.1 Å². The third kappa shape index (κ3) is 1.02. The first-order valence-corrected chi connectivity index (χ1v) is 3.97. The van der Waals surface area contributed by atoms with E-state index in [-0.39, 0.29) is 17.9 Å². The molecule has 0 aromatic heterocycles. The summed E-state index contributed by atoms with van der Waals surface area (Å²) in [6.07, 6.45) is 3.45. The molecule has 2 bridgehead atoms. The number of fused-ring (bicyclic) bond motifs is 2. The highest BCUT2D eigenvalue weighted by molar-refractivity contribution is 5.79. The Balaban J connectivity index is 2.02. The fourth-order valence-corrected chi connectivity index (χ4v) is 2.02. The van der Waals surface area contributed by atoms with Gasteiger partial charge in [0.25, 0.3) is 0 Å². The van der Waals surface area contributed by atoms with Crippen LogP contribution in [0, 0.1) is 5.92 Å². The minimum Gasteiger partial charge on any atom is -0.374 e. The van der Waals surface area contributed by atoms with Crippen molar-refractivity contribution in [2.24, 2.45) is 11.8 Å². The minimum atomic E-state index is -0.0720. The van der Waals surface area contributed by atoms with E-state index in [0.717, 1.165) is 19.3 Å². The normalized spacial score (nSPS) is 41.0. The van der Waals surface area contributed by atoms with Crippen LogP contribution in [0.4, 0.5) is 0 Å². The summed E-state index contributed by atoms with van der Waals surface area (Å²) in [7, 11) is 0. The number of hydrogen-bond acceptors (Lipinski definition) is 3. The predicted octanol–water partition coefficient (Wildman–Crippen LogP) is -0.456. The van der Waals surface area contributed by atoms with Gasteiger partial charge < -0.3 is 4.74 Å². The van der Waals surface area contributed by atoms with Gasteiger partial charge in [-0.25, -0.2) is 5.84 Å². The summed E-state index contributed by atoms with van der Waals surface area (Å²) in [5.41, 5.74) is 2.17. The van der Waals surface area contributed by atoms with Gasteiger partial charge in [0.2, 0.25) is 5.91 Å². The first kappa shape index (κ1) is 7.06. The first-order valence-electron chi connectivity index (χ1n) is 3.97. The van der Waals surface area contributed by atoms with Crippen LogP contribution in [-0.4, -0.2) is 18.1 Å². The summed E-state index contributed by atoms with van der Waals surface area (Å²) in [5.74, 6) is 4.97. The van der Waals surface area contributed by atoms with Gasteiger partial charge in [0.15, 0.2) is 0 Å². The monoisotopic (exact) mass is 156 g/mol. The Morgan fingerprint density at radius 3 is 2.82 bits per heavy atom. The van der Waals surface area contributed by atoms with Crippen LogP contribution in [0.25, 0.3) is 0 Å². The Bertz CT molecular complexity index is 183. The SMILES string of the molecule is NNC(=O)[C@H]1C[C@H]2CC[C@H]1O2. The van der Waals surface area contributed by atoms with Crippen LogP contribution in [0.3, 0.4) is 0 Å². The molecule has 0 aromatic rings. The van der Waals surface area contributed by atoms with Crippen LogP contribution >= 0.6 is 0 Å². The standard InChI is InChI=1S/C7H12N2O2/c8-9-7(10)5-3-4-1-2-6(5)11-4/h4-6H,1-3,8H2,(H,9,10)/t4-,5+,6-/m1/s1. The quantitative estimate of drug-likeness (QED) is 0.307. The second kappa shape index (κ2) is 2.46. The molecule has 4 heteroatoms. The van der Waals surface area contributed by atoms with E-state index in [1.165, 1.54) is 0 Å². The molecule has 0 unspecified atom stereocenters. The van der Waals surface area contributed by atoms with E-state index >= 15 is 0 Å². The summed E-state index contributed by atoms with van der Waals surface area (Å²) in [5, 5.41) is 0. The van der Waals surface area contributed by atoms with E-state index in [1.54, 1.807) is 0 Å². The predicted molar refractivity (Wildman–Crippen MR) is 38.3 cm³/mol. The van der Waals surface area contributed by atoms with E-state index < -0.39 is 0 Å². The zero-order chi connectivity index (χ0) is 7.84. The van der Waals surface area contributed by atoms with Crippen LogP contribution in [0.15, 0.2) is 0 Å². The molecule has 3 N–H and O–H groups in total. The summed E-state index contributed by atoms with van der Waals surface area (Å²) in [4.78, 5) is 11.1. The fourth-order valence-electron chi connectivity index (χ4n) is 2.02. The molecular formula is C7H12N2O2. The minimum absolute atomic E-state index is 0.0127. The topological polar surface area (TPSA) is 64.3 Å². The molecule has 0 saturated carbocycles. The molecule has 2 rings (SSSR count). The third-order valence-electron chi connectivity index (χ3n) is 2.59. The molecular weight excluding hydrogens is 144 g/mol. The molecule has 0 aromatic carbocycles. The number of amides is 1. The number of carbonyl (C=O) groups is 1. The third-order valence-corrected chi connectivity index (χ3v) is 2.59. The van der Waals surface area contributed by atoms with Crippen LogP contribution in [0.5, 0.6) is 0 Å². The van der Waals surface area contributed by atoms with Crippen molar-refractivity contribution in [2.45, 2.75) is 31.5 Å². The van der Waals surface area contributed by atoms with E-state index in [9.17, 15) is 4.79 Å². The molecule has 2 aliphatic heterocycles. The maximum atomic E-state index is 11.1. The molecule has 2 saturated heterocycles. The van der Waals surface area contributed by atoms with Gasteiger partial charge in [0.1, 0.15) is 0 Å². The number of nitrogens with two attached hydrogens (primary N) is 1. The van der Waals surface area contributed by atoms with Gasteiger partial charge >= 0.3 is 0 Å². The van der Waals surface area contributed by atoms with E-state index in [4.69, 9.17) is 10.6 Å². The van der Waals surface area contributed by atoms with E-state index in [1.807, 2.05) is 0 Å². The van der Waals surface area contributed by atoms with Gasteiger partial charge in [-0.15, -0.1) is 0 Å². The average Bonchev–Trinajstić information content (AvgIpc) is 2.62. The lowest BCUT2D eigenvalue weighted by Gasteiger charge is -2.15. The fraction of sp³-hybridized carbons (Fsp3) is 0.857. The Kier molecular flexibility index (Phi) is 1.58. The maximum absolute atomic E-state index is 11.1. The van der Waals surface area contributed by atoms with Crippen molar-refractivity contribution in [3.05, 3.63) is 0 Å². The Morgan fingerprint density at radius 2 is 2.36 bits per heavy atom. The van der Waals surface area contributed by atoms with Gasteiger partial charge in [-0.2, -0.15) is 0 Å². The van der Waals surface area contributed by atoms with Gasteiger partial charge in [0, 0.05) is 0 Å². The molecule has 1 amide bonds. The molecule has 3 atom stereocenters. The number of nitrogens with one attached hydrogen (secondary N) is 1. The first-order chi connectivity index (χ1) is 5.31. The van der Waals surface area contributed by atoms with Crippen molar-refractivity contribution in [2.75, 3.05) is 0 Å². The summed E-state index contributed by atoms with van der Waals surface area (Å²) in [6, 6.07) is 0. The highest BCUT2D eigenvalue weighted by Gasteiger charge is 2.44. The lowest BCUT2D eigenvalue weighted by atomic mass is 9.89. The zero-order valence-corrected chi connectivity index (χ0v) is 6.25. The molecule has 0 spiro atoms. The molecule has 4 nitrogen and oxygen atoms in total. The molecule has 2 heterocycles. The van der Waals surface area contributed by atoms with Crippen molar-refractivity contribution in [3.8, 4) is 0 Å². The number of hydrazine groups is 1. The van der Waals surface area contributed by atoms with Crippen molar-refractivity contribution in [3.63, 3.8) is 0 Å². The Labute approximate surface area is 65.1 Å². The molecule has 0 radical (unpaired) electrons. The van der Waals surface area contributed by atoms with Gasteiger partial charge in [-0.05, 0) is 19.3 Å². The largest absolute Gasteiger partial charge is 0.374 e. The van der Waals surface area contributed by atoms with Crippen molar-refractivity contribution < 1.29 is 9.53 Å². The molecule has 2 aliphatic rings. The maximum Gasteiger partial charge on any atom is 0.239 e. The average molecular weight is 156 g/mol.